The zero-order valence-corrected chi connectivity index (χ0v) is 17.0. The molecule has 108 valence electrons. The molecule has 21 heavy (non-hydrogen) atoms. The van der Waals surface area contributed by atoms with Crippen molar-refractivity contribution in [3.63, 3.8) is 0 Å². The molecule has 3 heteroatoms. The summed E-state index contributed by atoms with van der Waals surface area (Å²) in [6, 6.07) is 21.6. The van der Waals surface area contributed by atoms with Crippen LogP contribution in [0.15, 0.2) is 48.5 Å². The minimum absolute atomic E-state index is 0. The van der Waals surface area contributed by atoms with Crippen molar-refractivity contribution in [2.24, 2.45) is 0 Å². The van der Waals surface area contributed by atoms with Gasteiger partial charge < -0.3 is 9.47 Å². The second-order valence-electron chi connectivity index (χ2n) is 4.38. The average molecular weight is 383 g/mol. The van der Waals surface area contributed by atoms with E-state index in [0.717, 1.165) is 26.4 Å². The van der Waals surface area contributed by atoms with Gasteiger partial charge in [0.15, 0.2) is 0 Å². The van der Waals surface area contributed by atoms with E-state index in [0.29, 0.717) is 0 Å². The van der Waals surface area contributed by atoms with Crippen LogP contribution >= 0.6 is 0 Å². The largest absolute Gasteiger partial charge is 2.00 e. The van der Waals surface area contributed by atoms with Crippen LogP contribution in [0, 0.1) is 26.0 Å². The molecule has 0 bridgehead atoms. The van der Waals surface area contributed by atoms with Crippen LogP contribution in [0.25, 0.3) is 0 Å². The molecule has 1 fully saturated rings. The summed E-state index contributed by atoms with van der Waals surface area (Å²) in [5, 5.41) is 0. The van der Waals surface area contributed by atoms with E-state index in [1.54, 1.807) is 0 Å². The quantitative estimate of drug-likeness (QED) is 0.512. The van der Waals surface area contributed by atoms with Gasteiger partial charge in [-0.1, -0.05) is 13.8 Å². The van der Waals surface area contributed by atoms with Gasteiger partial charge in [0.1, 0.15) is 0 Å². The summed E-state index contributed by atoms with van der Waals surface area (Å²) in [4.78, 5) is 0. The first-order valence-corrected chi connectivity index (χ1v) is 6.80. The molecule has 1 heterocycles. The Morgan fingerprint density at radius 2 is 0.952 bits per heavy atom. The number of ether oxygens (including phenoxy) is 2. The summed E-state index contributed by atoms with van der Waals surface area (Å²) < 4.78 is 9.89. The number of aryl methyl sites for hydroxylation is 2. The molecule has 0 amide bonds. The fraction of sp³-hybridized carbons (Fsp3) is 0.333. The first kappa shape index (κ1) is 20.3. The maximum Gasteiger partial charge on any atom is 2.00 e. The van der Waals surface area contributed by atoms with Gasteiger partial charge in [0, 0.05) is 0 Å². The molecule has 0 atom stereocenters. The van der Waals surface area contributed by atoms with Crippen molar-refractivity contribution in [1.82, 2.24) is 0 Å². The third kappa shape index (κ3) is 12.7. The van der Waals surface area contributed by atoms with E-state index in [1.807, 2.05) is 48.5 Å². The third-order valence-corrected chi connectivity index (χ3v) is 2.51. The minimum atomic E-state index is 0. The Labute approximate surface area is 148 Å². The van der Waals surface area contributed by atoms with Crippen molar-refractivity contribution in [1.29, 1.82) is 0 Å². The van der Waals surface area contributed by atoms with Crippen molar-refractivity contribution >= 4 is 0 Å². The first-order chi connectivity index (χ1) is 9.79. The normalized spacial score (nSPS) is 12.7. The second-order valence-corrected chi connectivity index (χ2v) is 4.38. The van der Waals surface area contributed by atoms with Crippen LogP contribution in [0.3, 0.4) is 0 Å². The molecule has 0 radical (unpaired) electrons. The summed E-state index contributed by atoms with van der Waals surface area (Å²) in [7, 11) is 0. The Kier molecular flexibility index (Phi) is 13.7. The van der Waals surface area contributed by atoms with Gasteiger partial charge >= 0.3 is 27.3 Å². The topological polar surface area (TPSA) is 18.5 Å². The fourth-order valence-corrected chi connectivity index (χ4v) is 1.38. The van der Waals surface area contributed by atoms with Gasteiger partial charge in [0.05, 0.1) is 26.4 Å². The van der Waals surface area contributed by atoms with E-state index in [-0.39, 0.29) is 27.3 Å². The van der Waals surface area contributed by atoms with Gasteiger partial charge in [0.25, 0.3) is 0 Å². The van der Waals surface area contributed by atoms with Crippen molar-refractivity contribution in [3.8, 4) is 0 Å². The van der Waals surface area contributed by atoms with Gasteiger partial charge in [-0.2, -0.15) is 71.8 Å². The van der Waals surface area contributed by atoms with Crippen LogP contribution in [0.4, 0.5) is 0 Å². The summed E-state index contributed by atoms with van der Waals surface area (Å²) in [6.45, 7) is 7.24. The maximum absolute atomic E-state index is 4.94. The molecule has 0 unspecified atom stereocenters. The number of hydrogen-bond acceptors (Lipinski definition) is 2. The molecule has 0 saturated carbocycles. The van der Waals surface area contributed by atoms with Gasteiger partial charge in [-0.3, -0.25) is 0 Å². The van der Waals surface area contributed by atoms with Crippen LogP contribution in [0.5, 0.6) is 0 Å². The molecule has 0 aromatic heterocycles. The van der Waals surface area contributed by atoms with Crippen molar-refractivity contribution in [2.75, 3.05) is 26.4 Å². The average Bonchev–Trinajstić information content (AvgIpc) is 2.52. The van der Waals surface area contributed by atoms with E-state index in [4.69, 9.17) is 9.47 Å². The van der Waals surface area contributed by atoms with Crippen LogP contribution in [-0.2, 0) is 36.8 Å². The summed E-state index contributed by atoms with van der Waals surface area (Å²) >= 11 is 0. The van der Waals surface area contributed by atoms with E-state index < -0.39 is 0 Å². The minimum Gasteiger partial charge on any atom is -0.377 e. The Balaban J connectivity index is 0.000000280. The molecular weight excluding hydrogens is 361 g/mol. The summed E-state index contributed by atoms with van der Waals surface area (Å²) in [6.07, 6.45) is 0. The maximum atomic E-state index is 4.94. The molecular formula is C18H22CdO2. The number of hydrogen-bond donors (Lipinski definition) is 0. The van der Waals surface area contributed by atoms with E-state index in [1.165, 1.54) is 11.1 Å². The Hall–Kier alpha value is -0.718. The molecule has 0 aliphatic carbocycles. The SMILES string of the molecule is C1COCCO1.Cc1cc[c-]cc1.Cc1cc[c-]cc1.[Cd+2]. The Bertz CT molecular complexity index is 378. The van der Waals surface area contributed by atoms with Crippen LogP contribution in [-0.4, -0.2) is 26.4 Å². The predicted molar refractivity (Wildman–Crippen MR) is 81.7 cm³/mol. The Morgan fingerprint density at radius 3 is 1.10 bits per heavy atom. The Morgan fingerprint density at radius 1 is 0.667 bits per heavy atom. The number of benzene rings is 2. The van der Waals surface area contributed by atoms with Crippen LogP contribution in [0.2, 0.25) is 0 Å². The van der Waals surface area contributed by atoms with E-state index >= 15 is 0 Å². The van der Waals surface area contributed by atoms with Crippen molar-refractivity contribution in [3.05, 3.63) is 71.8 Å². The molecule has 2 aromatic rings. The van der Waals surface area contributed by atoms with E-state index in [2.05, 4.69) is 26.0 Å². The first-order valence-electron chi connectivity index (χ1n) is 6.80. The summed E-state index contributed by atoms with van der Waals surface area (Å²) in [5.41, 5.74) is 2.58. The predicted octanol–water partition coefficient (Wildman–Crippen LogP) is 3.62. The molecule has 1 saturated heterocycles. The number of rotatable bonds is 0. The van der Waals surface area contributed by atoms with Crippen LogP contribution in [0.1, 0.15) is 11.1 Å². The zero-order valence-electron chi connectivity index (χ0n) is 13.0. The molecule has 1 aliphatic rings. The van der Waals surface area contributed by atoms with Gasteiger partial charge in [0.2, 0.25) is 0 Å². The van der Waals surface area contributed by atoms with Gasteiger partial charge in [-0.05, 0) is 0 Å². The van der Waals surface area contributed by atoms with E-state index in [9.17, 15) is 0 Å². The molecule has 0 N–H and O–H groups in total. The molecule has 1 aliphatic heterocycles. The molecule has 3 rings (SSSR count). The smallest absolute Gasteiger partial charge is 0.377 e. The van der Waals surface area contributed by atoms with Crippen molar-refractivity contribution < 1.29 is 36.8 Å². The second kappa shape index (κ2) is 14.2. The third-order valence-electron chi connectivity index (χ3n) is 2.51. The van der Waals surface area contributed by atoms with Crippen LogP contribution < -0.4 is 0 Å². The fourth-order valence-electron chi connectivity index (χ4n) is 1.38. The van der Waals surface area contributed by atoms with Gasteiger partial charge in [-0.15, -0.1) is 0 Å². The monoisotopic (exact) mass is 384 g/mol. The van der Waals surface area contributed by atoms with Crippen molar-refractivity contribution in [2.45, 2.75) is 13.8 Å². The van der Waals surface area contributed by atoms with Gasteiger partial charge in [-0.25, -0.2) is 0 Å². The molecule has 0 spiro atoms. The zero-order chi connectivity index (χ0) is 14.5. The standard InChI is InChI=1S/2C7H7.C4H8O2.Cd/c2*1-7-5-3-2-4-6-7;1-2-6-4-3-5-1;/h2*3-6H,1H3;1-4H2;/q2*-1;;+2. The molecule has 2 aromatic carbocycles. The molecule has 2 nitrogen and oxygen atoms in total. The summed E-state index contributed by atoms with van der Waals surface area (Å²) in [5.74, 6) is 0.